The van der Waals surface area contributed by atoms with E-state index in [1.54, 1.807) is 19.1 Å². The Morgan fingerprint density at radius 3 is 1.24 bits per heavy atom. The lowest BCUT2D eigenvalue weighted by Gasteiger charge is -2.20. The van der Waals surface area contributed by atoms with Crippen molar-refractivity contribution in [3.05, 3.63) is 412 Å². The van der Waals surface area contributed by atoms with E-state index in [1.165, 1.54) is 34.4 Å². The van der Waals surface area contributed by atoms with Gasteiger partial charge in [-0.05, 0) is 248 Å². The molecule has 20 N–H and O–H groups in total. The highest BCUT2D eigenvalue weighted by Crippen LogP contribution is 2.40. The maximum atomic E-state index is 11.7. The van der Waals surface area contributed by atoms with Crippen molar-refractivity contribution in [1.82, 2.24) is 55.2 Å². The van der Waals surface area contributed by atoms with Crippen LogP contribution in [0.15, 0.2) is 236 Å². The summed E-state index contributed by atoms with van der Waals surface area (Å²) in [5.41, 5.74) is 50.8. The SMILES string of the molecule is CNCc1c(C)c(C)cc2[nH]c(=O)c(=O)[nH]c12.CNCc1c(C)ccc2[nH]c(=O)c(=O)[nH]c12.Cc1c(Br)cc([N+](=O)[O-])c(N)c1CN(C)Cc1ccccc1.Cc1c(Br)cc([N+](=O)[O-])c2c1COC(=O)N2.Cc1c(Br)ccc2c1COC(=O)N2.Cc1ccc(N)c(N)c1CN(C)Cc1ccccc1.Cc1ccc2[nH]c(=O)c(=O)[nH]c2c1CN(C)Cc1ccccc1.Cc1cccc(N)c1CO.Cc1cccc2c1COC(=O)N2. The van der Waals surface area contributed by atoms with Crippen molar-refractivity contribution >= 4 is 150 Å². The summed E-state index contributed by atoms with van der Waals surface area (Å²) < 4.78 is 16.8. The van der Waals surface area contributed by atoms with Crippen molar-refractivity contribution in [1.29, 1.82) is 0 Å². The first kappa shape index (κ1) is 114. The van der Waals surface area contributed by atoms with Gasteiger partial charge in [0.1, 0.15) is 31.2 Å². The molecule has 12 aromatic carbocycles. The van der Waals surface area contributed by atoms with Crippen LogP contribution in [0.2, 0.25) is 0 Å². The summed E-state index contributed by atoms with van der Waals surface area (Å²) in [5.74, 6) is 0. The molecule has 18 rings (SSSR count). The molecule has 0 aliphatic carbocycles. The van der Waals surface area contributed by atoms with Gasteiger partial charge in [0.15, 0.2) is 0 Å². The number of nitrogens with two attached hydrogens (primary N) is 4. The minimum Gasteiger partial charge on any atom is -0.444 e. The second-order valence-corrected chi connectivity index (χ2v) is 37.9. The molecular formula is C108H121Br3N20O17. The number of carbonyl (C=O) groups excluding carboxylic acids is 3. The fourth-order valence-corrected chi connectivity index (χ4v) is 17.5. The normalized spacial score (nSPS) is 11.8. The van der Waals surface area contributed by atoms with Gasteiger partial charge in [0.05, 0.1) is 72.3 Å². The van der Waals surface area contributed by atoms with Gasteiger partial charge in [0.25, 0.3) is 11.4 Å². The molecule has 37 nitrogen and oxygen atoms in total. The zero-order valence-electron chi connectivity index (χ0n) is 84.6. The van der Waals surface area contributed by atoms with Crippen LogP contribution in [0.25, 0.3) is 33.1 Å². The number of nitrogens with one attached hydrogen (secondary N) is 11. The number of fused-ring (bicyclic) bond motifs is 6. The number of nitro groups is 2. The van der Waals surface area contributed by atoms with Crippen LogP contribution in [-0.4, -0.2) is 113 Å². The Morgan fingerprint density at radius 2 is 0.743 bits per heavy atom. The number of nitrogen functional groups attached to an aromatic ring is 4. The van der Waals surface area contributed by atoms with E-state index in [2.05, 4.69) is 181 Å². The van der Waals surface area contributed by atoms with Crippen LogP contribution >= 0.6 is 47.8 Å². The third kappa shape index (κ3) is 30.6. The van der Waals surface area contributed by atoms with Gasteiger partial charge in [-0.15, -0.1) is 0 Å². The lowest BCUT2D eigenvalue weighted by Crippen LogP contribution is -2.29. The van der Waals surface area contributed by atoms with Gasteiger partial charge in [-0.3, -0.25) is 79.6 Å². The number of amides is 3. The van der Waals surface area contributed by atoms with Crippen LogP contribution in [0, 0.1) is 89.5 Å². The highest BCUT2D eigenvalue weighted by Gasteiger charge is 2.29. The van der Waals surface area contributed by atoms with Gasteiger partial charge in [-0.25, -0.2) is 14.4 Å². The third-order valence-electron chi connectivity index (χ3n) is 24.6. The molecule has 3 aromatic heterocycles. The van der Waals surface area contributed by atoms with E-state index in [0.29, 0.717) is 104 Å². The molecule has 148 heavy (non-hydrogen) atoms. The van der Waals surface area contributed by atoms with E-state index in [0.717, 1.165) is 137 Å². The lowest BCUT2D eigenvalue weighted by molar-refractivity contribution is -0.384. The number of hydrogen-bond donors (Lipinski definition) is 16. The summed E-state index contributed by atoms with van der Waals surface area (Å²) in [5, 5.41) is 44.5. The van der Waals surface area contributed by atoms with Crippen LogP contribution in [0.3, 0.4) is 0 Å². The molecule has 0 saturated heterocycles. The van der Waals surface area contributed by atoms with Crippen LogP contribution in [0.4, 0.5) is 65.6 Å². The van der Waals surface area contributed by atoms with Gasteiger partial charge in [0, 0.05) is 111 Å². The van der Waals surface area contributed by atoms with Gasteiger partial charge in [0.2, 0.25) is 0 Å². The Kier molecular flexibility index (Phi) is 41.4. The van der Waals surface area contributed by atoms with Crippen LogP contribution in [-0.2, 0) is 93.0 Å². The van der Waals surface area contributed by atoms with E-state index in [1.807, 2.05) is 205 Å². The largest absolute Gasteiger partial charge is 0.444 e. The highest BCUT2D eigenvalue weighted by atomic mass is 79.9. The molecule has 40 heteroatoms. The predicted octanol–water partition coefficient (Wildman–Crippen LogP) is 18.3. The average Bonchev–Trinajstić information content (AvgIpc) is 0.771. The number of aliphatic hydroxyl groups is 1. The van der Waals surface area contributed by atoms with Crippen molar-refractivity contribution in [2.45, 2.75) is 148 Å². The van der Waals surface area contributed by atoms with Crippen molar-refractivity contribution < 1.29 is 43.5 Å². The summed E-state index contributed by atoms with van der Waals surface area (Å²) in [7, 11) is 9.78. The molecule has 0 radical (unpaired) electrons. The molecule has 6 heterocycles. The van der Waals surface area contributed by atoms with Crippen molar-refractivity contribution in [2.24, 2.45) is 0 Å². The molecular weight excluding hydrogens is 2090 g/mol. The molecule has 3 amide bonds. The first-order chi connectivity index (χ1) is 70.4. The molecule has 0 spiro atoms. The molecule has 0 bridgehead atoms. The summed E-state index contributed by atoms with van der Waals surface area (Å²) >= 11 is 10.0. The van der Waals surface area contributed by atoms with Crippen molar-refractivity contribution in [3.63, 3.8) is 0 Å². The minimum atomic E-state index is -0.669. The number of aromatic amines is 6. The number of aliphatic hydroxyl groups excluding tert-OH is 1. The van der Waals surface area contributed by atoms with E-state index < -0.39 is 49.3 Å². The number of H-pyrrole nitrogens is 6. The zero-order valence-corrected chi connectivity index (χ0v) is 89.4. The van der Waals surface area contributed by atoms with E-state index in [4.69, 9.17) is 42.3 Å². The summed E-state index contributed by atoms with van der Waals surface area (Å²) in [6, 6.07) is 62.0. The molecule has 0 atom stereocenters. The molecule has 0 unspecified atom stereocenters. The van der Waals surface area contributed by atoms with Crippen LogP contribution in [0.5, 0.6) is 0 Å². The lowest BCUT2D eigenvalue weighted by atomic mass is 10.0. The number of carbonyl (C=O) groups is 3. The number of aryl methyl sites for hydroxylation is 6. The molecule has 0 fully saturated rings. The fraction of sp³-hybridized carbons (Fsp3) is 0.250. The average molecular weight is 2210 g/mol. The van der Waals surface area contributed by atoms with Gasteiger partial charge in [-0.2, -0.15) is 0 Å². The Bertz CT molecular complexity index is 7740. The zero-order chi connectivity index (χ0) is 108. The third-order valence-corrected chi connectivity index (χ3v) is 27.1. The number of benzene rings is 12. The number of ether oxygens (including phenoxy) is 3. The minimum absolute atomic E-state index is 0.0263. The standard InChI is InChI=1S/C18H19N3O2.C16H18BrN3O2.C16H21N3.C12H15N3O2.C11H13N3O2.C9H7BrN2O4.C9H8BrNO2.C9H9NO2.C8H11NO/c1-12-8-9-15-16(20-18(23)17(22)19-15)14(12)11-21(2)10-13-6-4-3-5-7-13;1-11-13(16(18)15(20(21)22)8-14(11)17)10-19(2)9-12-6-4-3-5-7-12;1-12-8-9-15(17)16(18)14(12)11-19(2)10-13-6-4-3-5-7-13;1-6-4-9-10(8(5-13-3)7(6)2)15-12(17)11(16)14-9;1-6-3-4-8-9(7(6)5-12-2)14-11(16)10(15)13-8;1-4-5-3-16-9(13)11-8(5)7(12(14)15)2-6(4)10;1-5-6-4-13-9(12)11-8(6)3-2-7(5)10;1-6-3-2-4-8-7(6)5-12-9(11)10-8;1-6-3-2-4-8(9)7(6)5-10/h3-9H,10-11H2,1-2H3,(H,19,22)(H,20,23);3-8H,9-10,18H2,1-2H3;3-9H,10-11,17-18H2,1-2H3;4,13H,5H2,1-3H3,(H,14,16)(H,15,17);3-4,12H,5H2,1-2H3,(H,13,15)(H,14,16);2H,3H2,1H3,(H,11,13);2-3H,4H2,1H3,(H,11,12);2-4H,5H2,1H3,(H,10,11);2-4,10H,5,9H2,1H3. The van der Waals surface area contributed by atoms with Crippen molar-refractivity contribution in [2.75, 3.05) is 74.1 Å². The number of anilines is 7. The first-order valence-corrected chi connectivity index (χ1v) is 48.9. The van der Waals surface area contributed by atoms with E-state index in [-0.39, 0.29) is 48.1 Å². The molecule has 3 aliphatic heterocycles. The van der Waals surface area contributed by atoms with Crippen LogP contribution < -0.4 is 82.9 Å². The summed E-state index contributed by atoms with van der Waals surface area (Å²) in [6.45, 7) is 26.3. The topological polar surface area (TPSA) is 557 Å². The molecule has 0 saturated carbocycles. The number of halogens is 3. The van der Waals surface area contributed by atoms with E-state index >= 15 is 0 Å². The highest BCUT2D eigenvalue weighted by molar-refractivity contribution is 9.11. The first-order valence-electron chi connectivity index (χ1n) is 46.6. The maximum Gasteiger partial charge on any atom is 0.412 e. The number of cyclic esters (lactones) is 3. The molecule has 776 valence electrons. The fourth-order valence-electron chi connectivity index (χ4n) is 16.2. The van der Waals surface area contributed by atoms with Gasteiger partial charge >= 0.3 is 51.6 Å². The number of nitro benzene ring substituents is 2. The number of aromatic nitrogens is 6. The number of hydrogen-bond acceptors (Lipinski definition) is 26. The number of rotatable bonds is 19. The number of nitrogens with zero attached hydrogens (tertiary/aromatic N) is 5. The quantitative estimate of drug-likeness (QED) is 0.0118. The monoisotopic (exact) mass is 2210 g/mol. The Labute approximate surface area is 877 Å². The maximum absolute atomic E-state index is 11.7. The Morgan fingerprint density at radius 1 is 0.351 bits per heavy atom. The van der Waals surface area contributed by atoms with Crippen LogP contribution in [0.1, 0.15) is 122 Å². The smallest absolute Gasteiger partial charge is 0.412 e. The molecule has 15 aromatic rings. The summed E-state index contributed by atoms with van der Waals surface area (Å²) in [6.07, 6.45) is -1.42. The Hall–Kier alpha value is -15.5. The van der Waals surface area contributed by atoms with E-state index in [9.17, 15) is 63.4 Å². The second-order valence-electron chi connectivity index (χ2n) is 35.4. The van der Waals surface area contributed by atoms with Gasteiger partial charge < -0.3 is 82.8 Å². The summed E-state index contributed by atoms with van der Waals surface area (Å²) in [4.78, 5) is 144. The predicted molar refractivity (Wildman–Crippen MR) is 593 cm³/mol. The Balaban J connectivity index is 0.000000172. The van der Waals surface area contributed by atoms with Crippen molar-refractivity contribution in [3.8, 4) is 0 Å². The van der Waals surface area contributed by atoms with Gasteiger partial charge in [-0.1, -0.05) is 181 Å². The molecule has 3 aliphatic rings. The second kappa shape index (κ2) is 53.5.